The number of nitrogens with zero attached hydrogens (tertiary/aromatic N) is 1. The van der Waals surface area contributed by atoms with Crippen LogP contribution < -0.4 is 16.4 Å². The molecule has 0 radical (unpaired) electrons. The highest BCUT2D eigenvalue weighted by Gasteiger charge is 2.05. The van der Waals surface area contributed by atoms with Gasteiger partial charge in [0.2, 0.25) is 0 Å². The maximum atomic E-state index is 11.8. The number of hydrogen-bond acceptors (Lipinski definition) is 3. The quantitative estimate of drug-likeness (QED) is 0.716. The minimum atomic E-state index is -0.181. The zero-order valence-corrected chi connectivity index (χ0v) is 12.6. The van der Waals surface area contributed by atoms with Gasteiger partial charge in [-0.05, 0) is 37.7 Å². The first kappa shape index (κ1) is 16.5. The normalized spacial score (nSPS) is 12.2. The van der Waals surface area contributed by atoms with Gasteiger partial charge in [0, 0.05) is 24.8 Å². The van der Waals surface area contributed by atoms with E-state index in [1.54, 1.807) is 0 Å². The maximum absolute atomic E-state index is 11.8. The Labute approximate surface area is 121 Å². The van der Waals surface area contributed by atoms with Gasteiger partial charge in [0.05, 0.1) is 0 Å². The van der Waals surface area contributed by atoms with Crippen molar-refractivity contribution in [2.75, 3.05) is 31.5 Å². The van der Waals surface area contributed by atoms with Crippen molar-refractivity contribution in [3.05, 3.63) is 29.8 Å². The highest BCUT2D eigenvalue weighted by molar-refractivity contribution is 5.89. The standard InChI is InChI=1S/C15H26N4O/c1-4-19(5-2)10-9-17-15(20)18-14-8-6-7-13(11-14)12(3)16/h6-8,11-12H,4-5,9-10,16H2,1-3H3,(H2,17,18,20). The Balaban J connectivity index is 2.40. The van der Waals surface area contributed by atoms with E-state index in [1.165, 1.54) is 0 Å². The number of urea groups is 1. The molecule has 5 heteroatoms. The first-order chi connectivity index (χ1) is 9.56. The molecule has 0 aromatic heterocycles. The number of nitrogens with two attached hydrogens (primary N) is 1. The molecule has 112 valence electrons. The Hall–Kier alpha value is -1.59. The largest absolute Gasteiger partial charge is 0.337 e. The fourth-order valence-corrected chi connectivity index (χ4v) is 1.94. The zero-order chi connectivity index (χ0) is 15.0. The van der Waals surface area contributed by atoms with E-state index in [-0.39, 0.29) is 12.1 Å². The fraction of sp³-hybridized carbons (Fsp3) is 0.533. The third-order valence-electron chi connectivity index (χ3n) is 3.28. The first-order valence-corrected chi connectivity index (χ1v) is 7.19. The summed E-state index contributed by atoms with van der Waals surface area (Å²) in [4.78, 5) is 14.0. The zero-order valence-electron chi connectivity index (χ0n) is 12.6. The van der Waals surface area contributed by atoms with Gasteiger partial charge in [0.15, 0.2) is 0 Å². The summed E-state index contributed by atoms with van der Waals surface area (Å²) in [5.41, 5.74) is 7.59. The van der Waals surface area contributed by atoms with Crippen molar-refractivity contribution < 1.29 is 4.79 Å². The highest BCUT2D eigenvalue weighted by atomic mass is 16.2. The van der Waals surface area contributed by atoms with E-state index in [2.05, 4.69) is 29.4 Å². The number of nitrogens with one attached hydrogen (secondary N) is 2. The summed E-state index contributed by atoms with van der Waals surface area (Å²) >= 11 is 0. The monoisotopic (exact) mass is 278 g/mol. The molecular weight excluding hydrogens is 252 g/mol. The van der Waals surface area contributed by atoms with Crippen LogP contribution in [0.1, 0.15) is 32.4 Å². The molecule has 5 nitrogen and oxygen atoms in total. The molecule has 2 amide bonds. The predicted molar refractivity (Wildman–Crippen MR) is 83.9 cm³/mol. The molecular formula is C15H26N4O. The molecule has 1 atom stereocenters. The van der Waals surface area contributed by atoms with Crippen molar-refractivity contribution in [1.29, 1.82) is 0 Å². The van der Waals surface area contributed by atoms with Crippen LogP contribution in [0.2, 0.25) is 0 Å². The maximum Gasteiger partial charge on any atom is 0.319 e. The van der Waals surface area contributed by atoms with Gasteiger partial charge in [-0.2, -0.15) is 0 Å². The molecule has 20 heavy (non-hydrogen) atoms. The number of carbonyl (C=O) groups is 1. The molecule has 0 spiro atoms. The second-order valence-electron chi connectivity index (χ2n) is 4.82. The van der Waals surface area contributed by atoms with Gasteiger partial charge < -0.3 is 21.3 Å². The SMILES string of the molecule is CCN(CC)CCNC(=O)Nc1cccc(C(C)N)c1. The summed E-state index contributed by atoms with van der Waals surface area (Å²) in [6.45, 7) is 9.64. The highest BCUT2D eigenvalue weighted by Crippen LogP contribution is 2.15. The van der Waals surface area contributed by atoms with Crippen LogP contribution >= 0.6 is 0 Å². The predicted octanol–water partition coefficient (Wildman–Crippen LogP) is 2.17. The molecule has 0 fully saturated rings. The van der Waals surface area contributed by atoms with Crippen LogP contribution in [-0.2, 0) is 0 Å². The smallest absolute Gasteiger partial charge is 0.319 e. The Morgan fingerprint density at radius 2 is 2.05 bits per heavy atom. The van der Waals surface area contributed by atoms with E-state index >= 15 is 0 Å². The molecule has 0 bridgehead atoms. The molecule has 1 aromatic carbocycles. The Bertz CT molecular complexity index is 416. The molecule has 0 saturated carbocycles. The number of likely N-dealkylation sites (N-methyl/N-ethyl adjacent to an activating group) is 1. The van der Waals surface area contributed by atoms with Crippen molar-refractivity contribution in [3.63, 3.8) is 0 Å². The average Bonchev–Trinajstić information content (AvgIpc) is 2.44. The molecule has 0 aliphatic heterocycles. The van der Waals surface area contributed by atoms with E-state index in [1.807, 2.05) is 31.2 Å². The molecule has 4 N–H and O–H groups in total. The van der Waals surface area contributed by atoms with Gasteiger partial charge in [0.25, 0.3) is 0 Å². The van der Waals surface area contributed by atoms with Crippen LogP contribution in [0.4, 0.5) is 10.5 Å². The minimum Gasteiger partial charge on any atom is -0.337 e. The van der Waals surface area contributed by atoms with Crippen LogP contribution in [0.25, 0.3) is 0 Å². The van der Waals surface area contributed by atoms with Gasteiger partial charge in [-0.25, -0.2) is 4.79 Å². The van der Waals surface area contributed by atoms with E-state index in [0.717, 1.165) is 30.9 Å². The Morgan fingerprint density at radius 1 is 1.35 bits per heavy atom. The lowest BCUT2D eigenvalue weighted by Crippen LogP contribution is -2.36. The molecule has 0 aliphatic rings. The second kappa shape index (κ2) is 8.55. The van der Waals surface area contributed by atoms with Crippen molar-refractivity contribution in [3.8, 4) is 0 Å². The van der Waals surface area contributed by atoms with Crippen LogP contribution in [0.5, 0.6) is 0 Å². The van der Waals surface area contributed by atoms with E-state index in [0.29, 0.717) is 6.54 Å². The minimum absolute atomic E-state index is 0.0394. The third kappa shape index (κ3) is 5.59. The summed E-state index contributed by atoms with van der Waals surface area (Å²) < 4.78 is 0. The third-order valence-corrected chi connectivity index (χ3v) is 3.28. The van der Waals surface area contributed by atoms with Crippen LogP contribution in [0, 0.1) is 0 Å². The van der Waals surface area contributed by atoms with Crippen molar-refractivity contribution in [1.82, 2.24) is 10.2 Å². The Morgan fingerprint density at radius 3 is 2.65 bits per heavy atom. The summed E-state index contributed by atoms with van der Waals surface area (Å²) in [6, 6.07) is 7.38. The van der Waals surface area contributed by atoms with Crippen LogP contribution in [0.15, 0.2) is 24.3 Å². The molecule has 1 rings (SSSR count). The molecule has 0 aliphatic carbocycles. The van der Waals surface area contributed by atoms with Gasteiger partial charge in [0.1, 0.15) is 0 Å². The number of hydrogen-bond donors (Lipinski definition) is 3. The molecule has 1 aromatic rings. The topological polar surface area (TPSA) is 70.4 Å². The van der Waals surface area contributed by atoms with Gasteiger partial charge in [-0.3, -0.25) is 0 Å². The van der Waals surface area contributed by atoms with Crippen molar-refractivity contribution in [2.24, 2.45) is 5.73 Å². The summed E-state index contributed by atoms with van der Waals surface area (Å²) in [6.07, 6.45) is 0. The number of rotatable bonds is 7. The van der Waals surface area contributed by atoms with Gasteiger partial charge in [-0.15, -0.1) is 0 Å². The van der Waals surface area contributed by atoms with Crippen LogP contribution in [-0.4, -0.2) is 37.1 Å². The van der Waals surface area contributed by atoms with Crippen molar-refractivity contribution >= 4 is 11.7 Å². The summed E-state index contributed by atoms with van der Waals surface area (Å²) in [7, 11) is 0. The van der Waals surface area contributed by atoms with Gasteiger partial charge in [-0.1, -0.05) is 26.0 Å². The van der Waals surface area contributed by atoms with E-state index in [4.69, 9.17) is 5.73 Å². The number of benzene rings is 1. The molecule has 0 heterocycles. The summed E-state index contributed by atoms with van der Waals surface area (Å²) in [5, 5.41) is 5.68. The lowest BCUT2D eigenvalue weighted by atomic mass is 10.1. The Kier molecular flexibility index (Phi) is 7.04. The summed E-state index contributed by atoms with van der Waals surface area (Å²) in [5.74, 6) is 0. The lowest BCUT2D eigenvalue weighted by Gasteiger charge is -2.18. The number of anilines is 1. The number of carbonyl (C=O) groups excluding carboxylic acids is 1. The average molecular weight is 278 g/mol. The molecule has 1 unspecified atom stereocenters. The first-order valence-electron chi connectivity index (χ1n) is 7.19. The number of amides is 2. The van der Waals surface area contributed by atoms with Crippen LogP contribution in [0.3, 0.4) is 0 Å². The molecule has 0 saturated heterocycles. The van der Waals surface area contributed by atoms with E-state index < -0.39 is 0 Å². The van der Waals surface area contributed by atoms with E-state index in [9.17, 15) is 4.79 Å². The van der Waals surface area contributed by atoms with Gasteiger partial charge >= 0.3 is 6.03 Å². The van der Waals surface area contributed by atoms with Crippen molar-refractivity contribution in [2.45, 2.75) is 26.8 Å². The second-order valence-corrected chi connectivity index (χ2v) is 4.82. The fourth-order valence-electron chi connectivity index (χ4n) is 1.94. The lowest BCUT2D eigenvalue weighted by molar-refractivity contribution is 0.248.